The molecule has 0 fully saturated rings. The van der Waals surface area contributed by atoms with Gasteiger partial charge in [0.05, 0.1) is 0 Å². The molecule has 32 heavy (non-hydrogen) atoms. The van der Waals surface area contributed by atoms with Crippen LogP contribution in [0.3, 0.4) is 0 Å². The Bertz CT molecular complexity index is 1040. The zero-order valence-electron chi connectivity index (χ0n) is 19.0. The number of nitrogens with zero attached hydrogens (tertiary/aromatic N) is 1. The van der Waals surface area contributed by atoms with Crippen LogP contribution in [0.1, 0.15) is 54.2 Å². The zero-order valence-corrected chi connectivity index (χ0v) is 19.0. The Morgan fingerprint density at radius 1 is 1.03 bits per heavy atom. The third kappa shape index (κ3) is 5.37. The maximum Gasteiger partial charge on any atom is 0.410 e. The lowest BCUT2D eigenvalue weighted by molar-refractivity contribution is 0.0224. The van der Waals surface area contributed by atoms with E-state index in [1.54, 1.807) is 4.90 Å². The number of nitrogens with one attached hydrogen (secondary N) is 2. The molecule has 0 bridgehead atoms. The average Bonchev–Trinajstić information content (AvgIpc) is 2.78. The number of anilines is 1. The van der Waals surface area contributed by atoms with Crippen LogP contribution in [0, 0.1) is 0 Å². The van der Waals surface area contributed by atoms with E-state index in [-0.39, 0.29) is 12.0 Å². The fraction of sp³-hybridized carbons (Fsp3) is 0.385. The molecule has 2 aromatic rings. The molecular formula is C26H31N3O3. The van der Waals surface area contributed by atoms with Crippen molar-refractivity contribution in [2.75, 3.05) is 25.0 Å². The maximum absolute atomic E-state index is 12.8. The maximum atomic E-state index is 12.8. The van der Waals surface area contributed by atoms with Gasteiger partial charge in [-0.25, -0.2) is 4.79 Å². The van der Waals surface area contributed by atoms with Gasteiger partial charge in [-0.15, -0.1) is 0 Å². The Kier molecular flexibility index (Phi) is 6.33. The van der Waals surface area contributed by atoms with Gasteiger partial charge in [-0.2, -0.15) is 0 Å². The summed E-state index contributed by atoms with van der Waals surface area (Å²) >= 11 is 0. The minimum absolute atomic E-state index is 0.143. The Morgan fingerprint density at radius 2 is 1.81 bits per heavy atom. The van der Waals surface area contributed by atoms with Crippen molar-refractivity contribution in [3.63, 3.8) is 0 Å². The summed E-state index contributed by atoms with van der Waals surface area (Å²) in [7, 11) is 0. The summed E-state index contributed by atoms with van der Waals surface area (Å²) in [6, 6.07) is 13.7. The zero-order chi connectivity index (χ0) is 22.7. The van der Waals surface area contributed by atoms with Gasteiger partial charge < -0.3 is 20.3 Å². The van der Waals surface area contributed by atoms with Crippen LogP contribution in [-0.4, -0.2) is 42.1 Å². The Morgan fingerprint density at radius 3 is 2.50 bits per heavy atom. The van der Waals surface area contributed by atoms with Crippen LogP contribution in [0.2, 0.25) is 0 Å². The lowest BCUT2D eigenvalue weighted by atomic mass is 9.98. The van der Waals surface area contributed by atoms with Crippen molar-refractivity contribution in [3.05, 3.63) is 70.8 Å². The molecule has 168 valence electrons. The third-order valence-corrected chi connectivity index (χ3v) is 5.71. The first kappa shape index (κ1) is 22.1. The van der Waals surface area contributed by atoms with E-state index in [0.717, 1.165) is 37.2 Å². The molecule has 2 heterocycles. The number of benzene rings is 2. The van der Waals surface area contributed by atoms with E-state index in [9.17, 15) is 9.59 Å². The number of carbonyl (C=O) groups is 2. The molecule has 0 aromatic heterocycles. The van der Waals surface area contributed by atoms with Gasteiger partial charge in [0, 0.05) is 30.9 Å². The SMILES string of the molecule is CC(C)(C)OC(=O)N1CCc2ccc(NC(=O)c3ccc(C4=CCNCC4)cc3)cc2C1. The van der Waals surface area contributed by atoms with Crippen molar-refractivity contribution >= 4 is 23.3 Å². The molecule has 0 spiro atoms. The summed E-state index contributed by atoms with van der Waals surface area (Å²) in [4.78, 5) is 26.9. The smallest absolute Gasteiger partial charge is 0.410 e. The molecular weight excluding hydrogens is 402 g/mol. The lowest BCUT2D eigenvalue weighted by Crippen LogP contribution is -2.39. The first-order valence-electron chi connectivity index (χ1n) is 11.2. The van der Waals surface area contributed by atoms with Gasteiger partial charge in [0.1, 0.15) is 5.60 Å². The van der Waals surface area contributed by atoms with Gasteiger partial charge in [-0.1, -0.05) is 24.3 Å². The van der Waals surface area contributed by atoms with Gasteiger partial charge in [0.2, 0.25) is 0 Å². The van der Waals surface area contributed by atoms with Crippen LogP contribution in [0.5, 0.6) is 0 Å². The molecule has 0 atom stereocenters. The largest absolute Gasteiger partial charge is 0.444 e. The van der Waals surface area contributed by atoms with Crippen molar-refractivity contribution in [2.45, 2.75) is 45.8 Å². The van der Waals surface area contributed by atoms with Gasteiger partial charge in [0.25, 0.3) is 5.91 Å². The molecule has 0 unspecified atom stereocenters. The number of hydrogen-bond acceptors (Lipinski definition) is 4. The number of rotatable bonds is 3. The average molecular weight is 434 g/mol. The summed E-state index contributed by atoms with van der Waals surface area (Å²) in [6.07, 6.45) is 3.67. The van der Waals surface area contributed by atoms with Crippen molar-refractivity contribution in [1.82, 2.24) is 10.2 Å². The number of fused-ring (bicyclic) bond motifs is 1. The minimum Gasteiger partial charge on any atom is -0.444 e. The first-order chi connectivity index (χ1) is 15.3. The topological polar surface area (TPSA) is 70.7 Å². The monoisotopic (exact) mass is 433 g/mol. The number of ether oxygens (including phenoxy) is 1. The van der Waals surface area contributed by atoms with Crippen LogP contribution in [0.25, 0.3) is 5.57 Å². The summed E-state index contributed by atoms with van der Waals surface area (Å²) in [5.41, 5.74) is 5.54. The lowest BCUT2D eigenvalue weighted by Gasteiger charge is -2.31. The first-order valence-corrected chi connectivity index (χ1v) is 11.2. The predicted octanol–water partition coefficient (Wildman–Crippen LogP) is 4.61. The molecule has 2 aliphatic heterocycles. The summed E-state index contributed by atoms with van der Waals surface area (Å²) in [5.74, 6) is -0.143. The minimum atomic E-state index is -0.521. The third-order valence-electron chi connectivity index (χ3n) is 5.71. The van der Waals surface area contributed by atoms with Gasteiger partial charge in [-0.05, 0) is 86.7 Å². The normalized spacial score (nSPS) is 16.1. The van der Waals surface area contributed by atoms with Crippen LogP contribution in [0.15, 0.2) is 48.5 Å². The van der Waals surface area contributed by atoms with Gasteiger partial charge in [-0.3, -0.25) is 4.79 Å². The van der Waals surface area contributed by atoms with E-state index in [2.05, 4.69) is 16.7 Å². The van der Waals surface area contributed by atoms with E-state index >= 15 is 0 Å². The van der Waals surface area contributed by atoms with Crippen molar-refractivity contribution in [3.8, 4) is 0 Å². The Labute approximate surface area is 189 Å². The van der Waals surface area contributed by atoms with E-state index in [1.807, 2.05) is 63.2 Å². The number of amides is 2. The molecule has 0 saturated carbocycles. The van der Waals surface area contributed by atoms with E-state index in [0.29, 0.717) is 18.7 Å². The quantitative estimate of drug-likeness (QED) is 0.742. The Balaban J connectivity index is 1.42. The van der Waals surface area contributed by atoms with Crippen LogP contribution >= 0.6 is 0 Å². The molecule has 0 radical (unpaired) electrons. The second kappa shape index (κ2) is 9.17. The molecule has 2 amide bonds. The standard InChI is InChI=1S/C26H31N3O3/c1-26(2,3)32-25(31)29-15-12-19-8-9-23(16-22(19)17-29)28-24(30)21-6-4-18(5-7-21)20-10-13-27-14-11-20/h4-10,16,27H,11-15,17H2,1-3H3,(H,28,30). The molecule has 6 heteroatoms. The van der Waals surface area contributed by atoms with Gasteiger partial charge in [0.15, 0.2) is 0 Å². The van der Waals surface area contributed by atoms with Crippen LogP contribution in [0.4, 0.5) is 10.5 Å². The fourth-order valence-electron chi connectivity index (χ4n) is 4.04. The van der Waals surface area contributed by atoms with Crippen molar-refractivity contribution in [2.24, 2.45) is 0 Å². The van der Waals surface area contributed by atoms with Crippen LogP contribution < -0.4 is 10.6 Å². The van der Waals surface area contributed by atoms with E-state index in [1.165, 1.54) is 16.7 Å². The highest BCUT2D eigenvalue weighted by atomic mass is 16.6. The molecule has 2 aliphatic rings. The number of carbonyl (C=O) groups excluding carboxylic acids is 2. The molecule has 6 nitrogen and oxygen atoms in total. The highest BCUT2D eigenvalue weighted by Crippen LogP contribution is 2.25. The summed E-state index contributed by atoms with van der Waals surface area (Å²) < 4.78 is 5.51. The molecule has 0 saturated heterocycles. The summed E-state index contributed by atoms with van der Waals surface area (Å²) in [6.45, 7) is 8.59. The predicted molar refractivity (Wildman–Crippen MR) is 127 cm³/mol. The van der Waals surface area contributed by atoms with E-state index < -0.39 is 5.60 Å². The second-order valence-corrected chi connectivity index (χ2v) is 9.35. The van der Waals surface area contributed by atoms with Gasteiger partial charge >= 0.3 is 6.09 Å². The highest BCUT2D eigenvalue weighted by molar-refractivity contribution is 6.04. The van der Waals surface area contributed by atoms with E-state index in [4.69, 9.17) is 4.74 Å². The highest BCUT2D eigenvalue weighted by Gasteiger charge is 2.26. The molecule has 4 rings (SSSR count). The van der Waals surface area contributed by atoms with Crippen LogP contribution in [-0.2, 0) is 17.7 Å². The molecule has 0 aliphatic carbocycles. The Hall–Kier alpha value is -3.12. The summed E-state index contributed by atoms with van der Waals surface area (Å²) in [5, 5.41) is 6.30. The molecule has 2 N–H and O–H groups in total. The second-order valence-electron chi connectivity index (χ2n) is 9.35. The number of hydrogen-bond donors (Lipinski definition) is 2. The molecule has 2 aromatic carbocycles. The van der Waals surface area contributed by atoms with Crippen molar-refractivity contribution in [1.29, 1.82) is 0 Å². The van der Waals surface area contributed by atoms with Crippen molar-refractivity contribution < 1.29 is 14.3 Å². The fourth-order valence-corrected chi connectivity index (χ4v) is 4.04.